The zero-order chi connectivity index (χ0) is 16.2. The predicted octanol–water partition coefficient (Wildman–Crippen LogP) is 3.19. The number of rotatable bonds is 4. The second-order valence-corrected chi connectivity index (χ2v) is 6.77. The first-order valence-corrected chi connectivity index (χ1v) is 8.16. The van der Waals surface area contributed by atoms with Gasteiger partial charge in [-0.3, -0.25) is 9.89 Å². The van der Waals surface area contributed by atoms with E-state index in [1.807, 2.05) is 30.5 Å². The molecule has 0 spiro atoms. The van der Waals surface area contributed by atoms with Crippen molar-refractivity contribution in [2.75, 3.05) is 6.26 Å². The number of H-pyrrole nitrogens is 1. The molecular formula is C16H20N4OS. The van der Waals surface area contributed by atoms with Gasteiger partial charge in [0.15, 0.2) is 5.69 Å². The van der Waals surface area contributed by atoms with E-state index in [0.29, 0.717) is 5.69 Å². The van der Waals surface area contributed by atoms with Crippen molar-refractivity contribution in [2.24, 2.45) is 5.10 Å². The number of hydrazone groups is 1. The summed E-state index contributed by atoms with van der Waals surface area (Å²) in [7, 11) is 0. The molecule has 0 radical (unpaired) electrons. The molecule has 0 aliphatic rings. The Morgan fingerprint density at radius 1 is 1.32 bits per heavy atom. The molecule has 116 valence electrons. The van der Waals surface area contributed by atoms with Gasteiger partial charge < -0.3 is 0 Å². The number of benzene rings is 1. The number of aromatic nitrogens is 2. The quantitative estimate of drug-likeness (QED) is 0.517. The number of nitrogens with one attached hydrogen (secondary N) is 2. The van der Waals surface area contributed by atoms with E-state index in [4.69, 9.17) is 0 Å². The van der Waals surface area contributed by atoms with Crippen LogP contribution in [0.4, 0.5) is 0 Å². The highest BCUT2D eigenvalue weighted by Crippen LogP contribution is 2.20. The first-order chi connectivity index (χ1) is 10.4. The fraction of sp³-hybridized carbons (Fsp3) is 0.312. The number of amides is 1. The molecule has 0 fully saturated rings. The minimum absolute atomic E-state index is 0.0756. The van der Waals surface area contributed by atoms with Crippen molar-refractivity contribution >= 4 is 23.9 Å². The average molecular weight is 316 g/mol. The van der Waals surface area contributed by atoms with Crippen LogP contribution >= 0.6 is 11.8 Å². The maximum atomic E-state index is 12.0. The highest BCUT2D eigenvalue weighted by Gasteiger charge is 2.18. The lowest BCUT2D eigenvalue weighted by molar-refractivity contribution is 0.0950. The van der Waals surface area contributed by atoms with E-state index in [0.717, 1.165) is 11.3 Å². The minimum atomic E-state index is -0.330. The van der Waals surface area contributed by atoms with Crippen molar-refractivity contribution < 1.29 is 4.79 Å². The van der Waals surface area contributed by atoms with Gasteiger partial charge in [-0.1, -0.05) is 32.9 Å². The molecule has 0 unspecified atom stereocenters. The van der Waals surface area contributed by atoms with Crippen molar-refractivity contribution in [3.63, 3.8) is 0 Å². The molecule has 22 heavy (non-hydrogen) atoms. The summed E-state index contributed by atoms with van der Waals surface area (Å²) in [5, 5.41) is 10.9. The topological polar surface area (TPSA) is 70.1 Å². The molecule has 0 aliphatic carbocycles. The number of hydrogen-bond donors (Lipinski definition) is 2. The van der Waals surface area contributed by atoms with Gasteiger partial charge in [0, 0.05) is 16.0 Å². The second-order valence-electron chi connectivity index (χ2n) is 5.89. The van der Waals surface area contributed by atoms with E-state index in [-0.39, 0.29) is 11.3 Å². The Morgan fingerprint density at radius 2 is 2.00 bits per heavy atom. The summed E-state index contributed by atoms with van der Waals surface area (Å²) in [6.07, 6.45) is 3.64. The molecule has 6 heteroatoms. The summed E-state index contributed by atoms with van der Waals surface area (Å²) in [5.74, 6) is -0.330. The Hall–Kier alpha value is -2.08. The van der Waals surface area contributed by atoms with Crippen LogP contribution in [0.5, 0.6) is 0 Å². The third-order valence-electron chi connectivity index (χ3n) is 3.11. The molecule has 1 aromatic carbocycles. The van der Waals surface area contributed by atoms with Gasteiger partial charge in [-0.25, -0.2) is 5.43 Å². The van der Waals surface area contributed by atoms with Crippen LogP contribution in [0, 0.1) is 0 Å². The molecule has 2 aromatic rings. The Kier molecular flexibility index (Phi) is 5.03. The molecule has 1 amide bonds. The standard InChI is InChI=1S/C16H20N4OS/c1-16(2,3)14-9-13(18-19-14)15(21)20-17-10-11-5-7-12(22-4)8-6-11/h5-10H,1-4H3,(H,18,19)(H,20,21). The van der Waals surface area contributed by atoms with Crippen molar-refractivity contribution in [2.45, 2.75) is 31.1 Å². The van der Waals surface area contributed by atoms with E-state index in [1.165, 1.54) is 4.90 Å². The lowest BCUT2D eigenvalue weighted by atomic mass is 9.92. The maximum Gasteiger partial charge on any atom is 0.291 e. The molecule has 0 aliphatic heterocycles. The summed E-state index contributed by atoms with van der Waals surface area (Å²) in [4.78, 5) is 13.2. The van der Waals surface area contributed by atoms with E-state index >= 15 is 0 Å². The van der Waals surface area contributed by atoms with Gasteiger partial charge in [0.05, 0.1) is 6.21 Å². The van der Waals surface area contributed by atoms with Crippen LogP contribution < -0.4 is 5.43 Å². The van der Waals surface area contributed by atoms with Gasteiger partial charge in [0.2, 0.25) is 0 Å². The molecule has 2 N–H and O–H groups in total. The lowest BCUT2D eigenvalue weighted by Crippen LogP contribution is -2.18. The van der Waals surface area contributed by atoms with Crippen LogP contribution in [0.15, 0.2) is 40.3 Å². The Balaban J connectivity index is 1.97. The first-order valence-electron chi connectivity index (χ1n) is 6.93. The number of hydrogen-bond acceptors (Lipinski definition) is 4. The van der Waals surface area contributed by atoms with Crippen LogP contribution in [-0.4, -0.2) is 28.6 Å². The number of thioether (sulfide) groups is 1. The Labute approximate surface area is 134 Å². The largest absolute Gasteiger partial charge is 0.291 e. The highest BCUT2D eigenvalue weighted by atomic mass is 32.2. The van der Waals surface area contributed by atoms with E-state index in [2.05, 4.69) is 41.5 Å². The zero-order valence-electron chi connectivity index (χ0n) is 13.2. The van der Waals surface area contributed by atoms with E-state index in [9.17, 15) is 4.79 Å². The second kappa shape index (κ2) is 6.79. The SMILES string of the molecule is CSc1ccc(C=NNC(=O)c2cc(C(C)(C)C)[nH]n2)cc1. The molecule has 0 bridgehead atoms. The molecule has 5 nitrogen and oxygen atoms in total. The fourth-order valence-corrected chi connectivity index (χ4v) is 2.14. The van der Waals surface area contributed by atoms with Crippen molar-refractivity contribution in [1.82, 2.24) is 15.6 Å². The summed E-state index contributed by atoms with van der Waals surface area (Å²) in [6.45, 7) is 6.16. The minimum Gasteiger partial charge on any atom is -0.281 e. The van der Waals surface area contributed by atoms with Crippen molar-refractivity contribution in [1.29, 1.82) is 0 Å². The third-order valence-corrected chi connectivity index (χ3v) is 3.86. The molecule has 1 heterocycles. The molecule has 0 atom stereocenters. The van der Waals surface area contributed by atoms with Crippen LogP contribution in [0.3, 0.4) is 0 Å². The van der Waals surface area contributed by atoms with Crippen LogP contribution in [-0.2, 0) is 5.41 Å². The zero-order valence-corrected chi connectivity index (χ0v) is 14.0. The molecule has 2 rings (SSSR count). The monoisotopic (exact) mass is 316 g/mol. The van der Waals surface area contributed by atoms with Gasteiger partial charge in [0.1, 0.15) is 0 Å². The molecule has 0 saturated carbocycles. The van der Waals surface area contributed by atoms with Crippen LogP contribution in [0.2, 0.25) is 0 Å². The molecular weight excluding hydrogens is 296 g/mol. The van der Waals surface area contributed by atoms with Gasteiger partial charge in [0.25, 0.3) is 5.91 Å². The van der Waals surface area contributed by atoms with E-state index < -0.39 is 0 Å². The summed E-state index contributed by atoms with van der Waals surface area (Å²) >= 11 is 1.68. The summed E-state index contributed by atoms with van der Waals surface area (Å²) in [6, 6.07) is 9.67. The summed E-state index contributed by atoms with van der Waals surface area (Å²) in [5.41, 5.74) is 4.58. The van der Waals surface area contributed by atoms with Crippen LogP contribution in [0.1, 0.15) is 42.5 Å². The van der Waals surface area contributed by atoms with Gasteiger partial charge in [-0.05, 0) is 30.0 Å². The van der Waals surface area contributed by atoms with Crippen LogP contribution in [0.25, 0.3) is 0 Å². The highest BCUT2D eigenvalue weighted by molar-refractivity contribution is 7.98. The normalized spacial score (nSPS) is 11.8. The van der Waals surface area contributed by atoms with Crippen molar-refractivity contribution in [3.8, 4) is 0 Å². The fourth-order valence-electron chi connectivity index (χ4n) is 1.73. The lowest BCUT2D eigenvalue weighted by Gasteiger charge is -2.14. The number of carbonyl (C=O) groups excluding carboxylic acids is 1. The first kappa shape index (κ1) is 16.3. The molecule has 0 saturated heterocycles. The van der Waals surface area contributed by atoms with E-state index in [1.54, 1.807) is 24.0 Å². The van der Waals surface area contributed by atoms with Gasteiger partial charge in [-0.15, -0.1) is 11.8 Å². The Bertz CT molecular complexity index is 668. The number of nitrogens with zero attached hydrogens (tertiary/aromatic N) is 2. The summed E-state index contributed by atoms with van der Waals surface area (Å²) < 4.78 is 0. The number of carbonyl (C=O) groups is 1. The van der Waals surface area contributed by atoms with Gasteiger partial charge in [-0.2, -0.15) is 10.2 Å². The number of aromatic amines is 1. The maximum absolute atomic E-state index is 12.0. The average Bonchev–Trinajstić information content (AvgIpc) is 2.98. The van der Waals surface area contributed by atoms with Gasteiger partial charge >= 0.3 is 0 Å². The Morgan fingerprint density at radius 3 is 2.55 bits per heavy atom. The predicted molar refractivity (Wildman–Crippen MR) is 90.6 cm³/mol. The third kappa shape index (κ3) is 4.21. The molecule has 1 aromatic heterocycles. The smallest absolute Gasteiger partial charge is 0.281 e. The van der Waals surface area contributed by atoms with Crippen molar-refractivity contribution in [3.05, 3.63) is 47.3 Å².